The van der Waals surface area contributed by atoms with Gasteiger partial charge in [0.25, 0.3) is 0 Å². The largest absolute Gasteiger partial charge is 0.490 e. The topological polar surface area (TPSA) is 69.2 Å². The number of aliphatic carboxylic acids is 1. The number of halogens is 4. The van der Waals surface area contributed by atoms with Gasteiger partial charge >= 0.3 is 12.1 Å². The minimum absolute atomic E-state index is 0.162. The number of pyridine rings is 1. The third-order valence-corrected chi connectivity index (χ3v) is 4.88. The number of benzene rings is 1. The average molecular weight is 435 g/mol. The van der Waals surface area contributed by atoms with E-state index in [9.17, 15) is 17.6 Å². The molecule has 0 amide bonds. The van der Waals surface area contributed by atoms with E-state index in [2.05, 4.69) is 27.0 Å². The van der Waals surface area contributed by atoms with Gasteiger partial charge in [0, 0.05) is 36.6 Å². The highest BCUT2D eigenvalue weighted by Gasteiger charge is 2.38. The van der Waals surface area contributed by atoms with E-state index >= 15 is 0 Å². The summed E-state index contributed by atoms with van der Waals surface area (Å²) in [6.07, 6.45) is 4.93. The van der Waals surface area contributed by atoms with E-state index in [0.717, 1.165) is 49.1 Å². The molecular weight excluding hydrogens is 414 g/mol. The molecule has 0 aliphatic carbocycles. The molecule has 0 atom stereocenters. The third-order valence-electron chi connectivity index (χ3n) is 4.88. The molecule has 4 rings (SSSR count). The number of nitrogens with one attached hydrogen (secondary N) is 1. The monoisotopic (exact) mass is 435 g/mol. The molecule has 2 N–H and O–H groups in total. The number of para-hydroxylation sites is 1. The van der Waals surface area contributed by atoms with E-state index in [4.69, 9.17) is 9.90 Å². The summed E-state index contributed by atoms with van der Waals surface area (Å²) in [7, 11) is 0. The number of rotatable bonds is 3. The van der Waals surface area contributed by atoms with Crippen LogP contribution in [0.2, 0.25) is 0 Å². The number of H-pyrrole nitrogens is 1. The van der Waals surface area contributed by atoms with Crippen molar-refractivity contribution in [1.82, 2.24) is 14.9 Å². The molecule has 0 radical (unpaired) electrons. The van der Waals surface area contributed by atoms with Crippen LogP contribution in [0, 0.1) is 5.82 Å². The van der Waals surface area contributed by atoms with Crippen LogP contribution in [0.15, 0.2) is 48.8 Å². The highest BCUT2D eigenvalue weighted by atomic mass is 19.4. The Labute approximate surface area is 176 Å². The van der Waals surface area contributed by atoms with Crippen LogP contribution in [0.25, 0.3) is 17.0 Å². The van der Waals surface area contributed by atoms with E-state index in [1.54, 1.807) is 18.5 Å². The zero-order valence-corrected chi connectivity index (χ0v) is 16.5. The van der Waals surface area contributed by atoms with Crippen molar-refractivity contribution in [3.63, 3.8) is 0 Å². The Morgan fingerprint density at radius 2 is 1.94 bits per heavy atom. The number of aryl methyl sites for hydroxylation is 1. The second kappa shape index (κ2) is 9.74. The Kier molecular flexibility index (Phi) is 7.06. The lowest BCUT2D eigenvalue weighted by Gasteiger charge is -2.17. The van der Waals surface area contributed by atoms with Crippen LogP contribution in [-0.4, -0.2) is 45.2 Å². The molecule has 0 unspecified atom stereocenters. The van der Waals surface area contributed by atoms with Gasteiger partial charge in [0.05, 0.1) is 5.52 Å². The third kappa shape index (κ3) is 5.91. The summed E-state index contributed by atoms with van der Waals surface area (Å²) < 4.78 is 45.7. The van der Waals surface area contributed by atoms with Gasteiger partial charge in [-0.2, -0.15) is 13.2 Å². The fourth-order valence-corrected chi connectivity index (χ4v) is 3.46. The van der Waals surface area contributed by atoms with E-state index in [1.165, 1.54) is 11.6 Å². The number of hydrogen-bond acceptors (Lipinski definition) is 3. The van der Waals surface area contributed by atoms with Crippen LogP contribution >= 0.6 is 0 Å². The van der Waals surface area contributed by atoms with Gasteiger partial charge in [0.2, 0.25) is 0 Å². The van der Waals surface area contributed by atoms with Gasteiger partial charge in [0.1, 0.15) is 5.82 Å². The lowest BCUT2D eigenvalue weighted by Crippen LogP contribution is -2.23. The predicted molar refractivity (Wildman–Crippen MR) is 109 cm³/mol. The van der Waals surface area contributed by atoms with E-state index in [0.29, 0.717) is 5.52 Å². The van der Waals surface area contributed by atoms with Gasteiger partial charge in [-0.3, -0.25) is 9.88 Å². The Bertz CT molecular complexity index is 1060. The Hall–Kier alpha value is -3.20. The first kappa shape index (κ1) is 22.5. The summed E-state index contributed by atoms with van der Waals surface area (Å²) >= 11 is 0. The van der Waals surface area contributed by atoms with E-state index < -0.39 is 12.1 Å². The zero-order valence-electron chi connectivity index (χ0n) is 16.5. The quantitative estimate of drug-likeness (QED) is 0.580. The molecule has 5 nitrogen and oxygen atoms in total. The van der Waals surface area contributed by atoms with Crippen molar-refractivity contribution >= 4 is 22.9 Å². The molecule has 0 saturated carbocycles. The van der Waals surface area contributed by atoms with Crippen molar-refractivity contribution in [3.05, 3.63) is 71.4 Å². The van der Waals surface area contributed by atoms with Crippen molar-refractivity contribution in [3.8, 4) is 0 Å². The standard InChI is InChI=1S/C20H20FN3.C2HF3O2/c21-18-7-1-5-17-16-6-3-13-24(14-19(16)23-20(17)18)12-2-4-15-8-10-22-11-9-15;3-2(4,5)1(6)7/h1-2,4-5,7-11,23H,3,6,12-14H2;(H,6,7)/b4-2+;. The van der Waals surface area contributed by atoms with Crippen molar-refractivity contribution in [2.45, 2.75) is 25.6 Å². The summed E-state index contributed by atoms with van der Waals surface area (Å²) in [5.74, 6) is -2.92. The summed E-state index contributed by atoms with van der Waals surface area (Å²) in [5, 5.41) is 8.17. The molecular formula is C22H21F4N3O2. The summed E-state index contributed by atoms with van der Waals surface area (Å²) in [6.45, 7) is 2.78. The lowest BCUT2D eigenvalue weighted by molar-refractivity contribution is -0.192. The fraction of sp³-hybridized carbons (Fsp3) is 0.273. The van der Waals surface area contributed by atoms with E-state index in [1.807, 2.05) is 18.2 Å². The number of carbonyl (C=O) groups is 1. The maximum atomic E-state index is 14.0. The van der Waals surface area contributed by atoms with Crippen LogP contribution in [0.4, 0.5) is 17.6 Å². The first-order valence-corrected chi connectivity index (χ1v) is 9.62. The number of nitrogens with zero attached hydrogens (tertiary/aromatic N) is 2. The van der Waals surface area contributed by atoms with Gasteiger partial charge in [0.15, 0.2) is 0 Å². The van der Waals surface area contributed by atoms with Gasteiger partial charge in [-0.25, -0.2) is 9.18 Å². The molecule has 3 heterocycles. The Morgan fingerprint density at radius 1 is 1.23 bits per heavy atom. The molecule has 31 heavy (non-hydrogen) atoms. The maximum absolute atomic E-state index is 14.0. The molecule has 1 aliphatic rings. The second-order valence-corrected chi connectivity index (χ2v) is 7.07. The number of carboxylic acids is 1. The molecule has 0 bridgehead atoms. The van der Waals surface area contributed by atoms with Crippen LogP contribution in [0.5, 0.6) is 0 Å². The zero-order chi connectivity index (χ0) is 22.4. The normalized spacial score (nSPS) is 14.7. The number of aromatic amines is 1. The number of carboxylic acid groups (broad SMARTS) is 1. The van der Waals surface area contributed by atoms with Crippen molar-refractivity contribution in [1.29, 1.82) is 0 Å². The number of aromatic nitrogens is 2. The molecule has 0 fully saturated rings. The molecule has 1 aromatic carbocycles. The first-order chi connectivity index (χ1) is 14.8. The Morgan fingerprint density at radius 3 is 2.61 bits per heavy atom. The summed E-state index contributed by atoms with van der Waals surface area (Å²) in [4.78, 5) is 18.6. The van der Waals surface area contributed by atoms with Gasteiger partial charge in [-0.05, 0) is 48.7 Å². The van der Waals surface area contributed by atoms with Crippen molar-refractivity contribution in [2.75, 3.05) is 13.1 Å². The Balaban J connectivity index is 0.000000339. The molecule has 9 heteroatoms. The van der Waals surface area contributed by atoms with Crippen LogP contribution < -0.4 is 0 Å². The molecule has 2 aromatic heterocycles. The van der Waals surface area contributed by atoms with Crippen LogP contribution in [-0.2, 0) is 17.8 Å². The summed E-state index contributed by atoms with van der Waals surface area (Å²) in [6, 6.07) is 9.33. The molecule has 1 aliphatic heterocycles. The second-order valence-electron chi connectivity index (χ2n) is 7.07. The smallest absolute Gasteiger partial charge is 0.475 e. The van der Waals surface area contributed by atoms with Crippen LogP contribution in [0.3, 0.4) is 0 Å². The highest BCUT2D eigenvalue weighted by molar-refractivity contribution is 5.85. The average Bonchev–Trinajstić information content (AvgIpc) is 2.95. The number of alkyl halides is 3. The minimum Gasteiger partial charge on any atom is -0.475 e. The SMILES string of the molecule is Fc1cccc2c3c([nH]c12)CN(C/C=C/c1ccncc1)CCC3.O=C(O)C(F)(F)F. The maximum Gasteiger partial charge on any atom is 0.490 e. The van der Waals surface area contributed by atoms with Crippen LogP contribution in [0.1, 0.15) is 23.2 Å². The highest BCUT2D eigenvalue weighted by Crippen LogP contribution is 2.28. The number of fused-ring (bicyclic) bond motifs is 3. The van der Waals surface area contributed by atoms with Gasteiger partial charge in [-0.15, -0.1) is 0 Å². The number of hydrogen-bond donors (Lipinski definition) is 2. The first-order valence-electron chi connectivity index (χ1n) is 9.62. The molecule has 0 saturated heterocycles. The van der Waals surface area contributed by atoms with Crippen molar-refractivity contribution in [2.24, 2.45) is 0 Å². The molecule has 3 aromatic rings. The lowest BCUT2D eigenvalue weighted by atomic mass is 10.1. The van der Waals surface area contributed by atoms with Gasteiger partial charge in [-0.1, -0.05) is 24.3 Å². The minimum atomic E-state index is -5.08. The summed E-state index contributed by atoms with van der Waals surface area (Å²) in [5.41, 5.74) is 4.25. The van der Waals surface area contributed by atoms with E-state index in [-0.39, 0.29) is 5.82 Å². The van der Waals surface area contributed by atoms with Crippen molar-refractivity contribution < 1.29 is 27.5 Å². The fourth-order valence-electron chi connectivity index (χ4n) is 3.46. The predicted octanol–water partition coefficient (Wildman–Crippen LogP) is 4.80. The molecule has 164 valence electrons. The van der Waals surface area contributed by atoms with Gasteiger partial charge < -0.3 is 10.1 Å². The molecule has 0 spiro atoms.